The molecule has 7 heteroatoms. The second-order valence-corrected chi connectivity index (χ2v) is 8.68. The van der Waals surface area contributed by atoms with Crippen molar-refractivity contribution in [2.75, 3.05) is 46.0 Å². The van der Waals surface area contributed by atoms with Gasteiger partial charge in [0.05, 0.1) is 25.2 Å². The first-order valence-electron chi connectivity index (χ1n) is 12.0. The lowest BCUT2D eigenvalue weighted by Gasteiger charge is -2.39. The summed E-state index contributed by atoms with van der Waals surface area (Å²) in [6, 6.07) is 13.2. The van der Waals surface area contributed by atoms with Crippen molar-refractivity contribution in [2.45, 2.75) is 40.0 Å². The predicted molar refractivity (Wildman–Crippen MR) is 132 cm³/mol. The summed E-state index contributed by atoms with van der Waals surface area (Å²) in [6.07, 6.45) is 0. The van der Waals surface area contributed by atoms with Gasteiger partial charge >= 0.3 is 0 Å². The third-order valence-electron chi connectivity index (χ3n) is 6.04. The second-order valence-electron chi connectivity index (χ2n) is 8.68. The van der Waals surface area contributed by atoms with E-state index in [2.05, 4.69) is 0 Å². The number of hydrogen-bond acceptors (Lipinski definition) is 5. The molecule has 0 radical (unpaired) electrons. The number of hydrogen-bond donors (Lipinski definition) is 0. The van der Waals surface area contributed by atoms with Gasteiger partial charge in [-0.15, -0.1) is 0 Å². The minimum absolute atomic E-state index is 0.0733. The van der Waals surface area contributed by atoms with Crippen molar-refractivity contribution in [1.82, 2.24) is 9.80 Å². The summed E-state index contributed by atoms with van der Waals surface area (Å²) in [4.78, 5) is 30.3. The lowest BCUT2D eigenvalue weighted by Crippen LogP contribution is -2.54. The maximum absolute atomic E-state index is 13.3. The van der Waals surface area contributed by atoms with E-state index in [0.29, 0.717) is 68.8 Å². The van der Waals surface area contributed by atoms with Crippen LogP contribution in [-0.4, -0.2) is 67.6 Å². The van der Waals surface area contributed by atoms with Crippen LogP contribution in [0.4, 0.5) is 0 Å². The summed E-state index contributed by atoms with van der Waals surface area (Å²) in [5, 5.41) is 0. The van der Waals surface area contributed by atoms with E-state index in [4.69, 9.17) is 14.2 Å². The zero-order valence-electron chi connectivity index (χ0n) is 20.9. The largest absolute Gasteiger partial charge is 0.490 e. The van der Waals surface area contributed by atoms with E-state index in [1.807, 2.05) is 69.9 Å². The second kappa shape index (κ2) is 11.3. The standard InChI is InChI=1S/C27H36N2O5/c1-6-32-22-18-20(19-23(33-7-2)24(22)34-8-3)25(30)28-14-16-29(17-15-28)26(31)27(4,5)21-12-10-9-11-13-21/h9-13,18-19H,6-8,14-17H2,1-5H3. The van der Waals surface area contributed by atoms with E-state index >= 15 is 0 Å². The molecule has 0 aromatic heterocycles. The monoisotopic (exact) mass is 468 g/mol. The molecule has 0 aliphatic carbocycles. The van der Waals surface area contributed by atoms with Gasteiger partial charge in [-0.25, -0.2) is 0 Å². The number of rotatable bonds is 9. The van der Waals surface area contributed by atoms with Crippen molar-refractivity contribution in [1.29, 1.82) is 0 Å². The quantitative estimate of drug-likeness (QED) is 0.553. The van der Waals surface area contributed by atoms with Crippen LogP contribution in [0, 0.1) is 0 Å². The third kappa shape index (κ3) is 5.46. The molecule has 1 aliphatic heterocycles. The zero-order chi connectivity index (χ0) is 24.7. The lowest BCUT2D eigenvalue weighted by molar-refractivity contribution is -0.137. The molecule has 1 fully saturated rings. The van der Waals surface area contributed by atoms with Crippen molar-refractivity contribution in [2.24, 2.45) is 0 Å². The molecule has 0 spiro atoms. The van der Waals surface area contributed by atoms with Crippen LogP contribution in [0.5, 0.6) is 17.2 Å². The number of benzene rings is 2. The Balaban J connectivity index is 1.74. The molecule has 7 nitrogen and oxygen atoms in total. The van der Waals surface area contributed by atoms with Gasteiger partial charge in [-0.05, 0) is 52.3 Å². The first-order chi connectivity index (χ1) is 16.3. The Kier molecular flexibility index (Phi) is 8.42. The SMILES string of the molecule is CCOc1cc(C(=O)N2CCN(C(=O)C(C)(C)c3ccccc3)CC2)cc(OCC)c1OCC. The molecular formula is C27H36N2O5. The average molecular weight is 469 g/mol. The lowest BCUT2D eigenvalue weighted by atomic mass is 9.83. The Hall–Kier alpha value is -3.22. The molecule has 0 atom stereocenters. The highest BCUT2D eigenvalue weighted by atomic mass is 16.5. The van der Waals surface area contributed by atoms with E-state index in [9.17, 15) is 9.59 Å². The summed E-state index contributed by atoms with van der Waals surface area (Å²) >= 11 is 0. The van der Waals surface area contributed by atoms with Crippen LogP contribution in [0.3, 0.4) is 0 Å². The third-order valence-corrected chi connectivity index (χ3v) is 6.04. The van der Waals surface area contributed by atoms with Crippen LogP contribution in [0.2, 0.25) is 0 Å². The molecule has 3 rings (SSSR count). The first-order valence-corrected chi connectivity index (χ1v) is 12.0. The summed E-state index contributed by atoms with van der Waals surface area (Å²) in [7, 11) is 0. The molecule has 2 amide bonds. The van der Waals surface area contributed by atoms with Gasteiger partial charge in [0.1, 0.15) is 0 Å². The average Bonchev–Trinajstić information content (AvgIpc) is 2.86. The van der Waals surface area contributed by atoms with Gasteiger partial charge in [-0.1, -0.05) is 30.3 Å². The molecule has 0 bridgehead atoms. The summed E-state index contributed by atoms with van der Waals surface area (Å²) in [6.45, 7) is 12.8. The molecule has 184 valence electrons. The van der Waals surface area contributed by atoms with Crippen LogP contribution >= 0.6 is 0 Å². The van der Waals surface area contributed by atoms with Crippen molar-refractivity contribution >= 4 is 11.8 Å². The van der Waals surface area contributed by atoms with Crippen molar-refractivity contribution in [3.05, 3.63) is 53.6 Å². The molecule has 0 unspecified atom stereocenters. The van der Waals surface area contributed by atoms with Gasteiger partial charge in [-0.3, -0.25) is 9.59 Å². The molecule has 0 N–H and O–H groups in total. The van der Waals surface area contributed by atoms with E-state index in [1.165, 1.54) is 0 Å². The van der Waals surface area contributed by atoms with E-state index < -0.39 is 5.41 Å². The van der Waals surface area contributed by atoms with Crippen molar-refractivity contribution in [3.63, 3.8) is 0 Å². The molecule has 1 aliphatic rings. The number of ether oxygens (including phenoxy) is 3. The highest BCUT2D eigenvalue weighted by molar-refractivity contribution is 5.96. The number of carbonyl (C=O) groups is 2. The molecular weight excluding hydrogens is 432 g/mol. The van der Waals surface area contributed by atoms with Crippen LogP contribution in [0.1, 0.15) is 50.5 Å². The number of carbonyl (C=O) groups excluding carboxylic acids is 2. The Labute approximate surface area is 202 Å². The van der Waals surface area contributed by atoms with E-state index in [0.717, 1.165) is 5.56 Å². The number of piperazine rings is 1. The van der Waals surface area contributed by atoms with E-state index in [1.54, 1.807) is 17.0 Å². The molecule has 1 heterocycles. The molecule has 2 aromatic carbocycles. The van der Waals surface area contributed by atoms with Gasteiger partial charge in [0.2, 0.25) is 11.7 Å². The van der Waals surface area contributed by atoms with Gasteiger partial charge in [-0.2, -0.15) is 0 Å². The normalized spacial score (nSPS) is 14.0. The highest BCUT2D eigenvalue weighted by Gasteiger charge is 2.36. The van der Waals surface area contributed by atoms with Crippen LogP contribution in [0.15, 0.2) is 42.5 Å². The number of amides is 2. The summed E-state index contributed by atoms with van der Waals surface area (Å²) in [5.41, 5.74) is 0.848. The number of nitrogens with zero attached hydrogens (tertiary/aromatic N) is 2. The van der Waals surface area contributed by atoms with Crippen LogP contribution < -0.4 is 14.2 Å². The Morgan fingerprint density at radius 2 is 1.29 bits per heavy atom. The maximum Gasteiger partial charge on any atom is 0.254 e. The van der Waals surface area contributed by atoms with Crippen molar-refractivity contribution in [3.8, 4) is 17.2 Å². The highest BCUT2D eigenvalue weighted by Crippen LogP contribution is 2.39. The van der Waals surface area contributed by atoms with Gasteiger partial charge in [0.15, 0.2) is 11.5 Å². The van der Waals surface area contributed by atoms with Crippen LogP contribution in [-0.2, 0) is 10.2 Å². The Bertz CT molecular complexity index is 955. The first kappa shape index (κ1) is 25.4. The van der Waals surface area contributed by atoms with Gasteiger partial charge < -0.3 is 24.0 Å². The summed E-state index contributed by atoms with van der Waals surface area (Å²) < 4.78 is 17.3. The van der Waals surface area contributed by atoms with Crippen molar-refractivity contribution < 1.29 is 23.8 Å². The fourth-order valence-corrected chi connectivity index (χ4v) is 4.18. The van der Waals surface area contributed by atoms with Gasteiger partial charge in [0.25, 0.3) is 5.91 Å². The van der Waals surface area contributed by atoms with E-state index in [-0.39, 0.29) is 11.8 Å². The summed E-state index contributed by atoms with van der Waals surface area (Å²) in [5.74, 6) is 1.47. The molecule has 1 saturated heterocycles. The Morgan fingerprint density at radius 1 is 0.794 bits per heavy atom. The topological polar surface area (TPSA) is 68.3 Å². The Morgan fingerprint density at radius 3 is 1.79 bits per heavy atom. The smallest absolute Gasteiger partial charge is 0.254 e. The zero-order valence-corrected chi connectivity index (χ0v) is 20.9. The molecule has 2 aromatic rings. The van der Waals surface area contributed by atoms with Crippen LogP contribution in [0.25, 0.3) is 0 Å². The minimum Gasteiger partial charge on any atom is -0.490 e. The fourth-order valence-electron chi connectivity index (χ4n) is 4.18. The predicted octanol–water partition coefficient (Wildman–Crippen LogP) is 4.14. The fraction of sp³-hybridized carbons (Fsp3) is 0.481. The minimum atomic E-state index is -0.624. The molecule has 34 heavy (non-hydrogen) atoms. The maximum atomic E-state index is 13.3. The molecule has 0 saturated carbocycles. The van der Waals surface area contributed by atoms with Gasteiger partial charge in [0, 0.05) is 31.7 Å².